The van der Waals surface area contributed by atoms with Crippen molar-refractivity contribution in [2.45, 2.75) is 18.7 Å². The molecule has 132 valence electrons. The van der Waals surface area contributed by atoms with E-state index in [1.54, 1.807) is 12.1 Å². The second-order valence-corrected chi connectivity index (χ2v) is 6.89. The summed E-state index contributed by atoms with van der Waals surface area (Å²) in [7, 11) is 1.36. The Bertz CT molecular complexity index is 751. The van der Waals surface area contributed by atoms with Crippen molar-refractivity contribution in [3.05, 3.63) is 70.2 Å². The van der Waals surface area contributed by atoms with E-state index in [4.69, 9.17) is 16.3 Å². The van der Waals surface area contributed by atoms with Gasteiger partial charge in [0.1, 0.15) is 0 Å². The molecule has 25 heavy (non-hydrogen) atoms. The molecule has 0 aliphatic rings. The standard InChI is InChI=1S/C19H20ClNO3S/c1-13(16-8-3-4-9-17(16)20)21-18(22)12-25-11-14-6-5-7-15(10-14)19(23)24-2/h3-10,13H,11-12H2,1-2H3,(H,21,22)/t13-/m1/s1. The summed E-state index contributed by atoms with van der Waals surface area (Å²) in [6, 6.07) is 14.5. The molecule has 2 rings (SSSR count). The summed E-state index contributed by atoms with van der Waals surface area (Å²) in [4.78, 5) is 23.6. The van der Waals surface area contributed by atoms with Crippen molar-refractivity contribution in [1.82, 2.24) is 5.32 Å². The van der Waals surface area contributed by atoms with Crippen molar-refractivity contribution in [2.24, 2.45) is 0 Å². The summed E-state index contributed by atoms with van der Waals surface area (Å²) in [6.07, 6.45) is 0. The lowest BCUT2D eigenvalue weighted by Crippen LogP contribution is -2.28. The van der Waals surface area contributed by atoms with Crippen LogP contribution in [0.3, 0.4) is 0 Å². The van der Waals surface area contributed by atoms with Crippen molar-refractivity contribution in [2.75, 3.05) is 12.9 Å². The summed E-state index contributed by atoms with van der Waals surface area (Å²) < 4.78 is 4.71. The maximum absolute atomic E-state index is 12.1. The van der Waals surface area contributed by atoms with E-state index < -0.39 is 0 Å². The van der Waals surface area contributed by atoms with E-state index in [-0.39, 0.29) is 17.9 Å². The van der Waals surface area contributed by atoms with Crippen LogP contribution in [0.1, 0.15) is 34.5 Å². The Morgan fingerprint density at radius 3 is 2.68 bits per heavy atom. The first-order valence-corrected chi connectivity index (χ1v) is 9.33. The Labute approximate surface area is 156 Å². The van der Waals surface area contributed by atoms with Crippen LogP contribution in [0.15, 0.2) is 48.5 Å². The summed E-state index contributed by atoms with van der Waals surface area (Å²) in [5, 5.41) is 3.58. The Morgan fingerprint density at radius 2 is 1.96 bits per heavy atom. The lowest BCUT2D eigenvalue weighted by atomic mass is 10.1. The highest BCUT2D eigenvalue weighted by atomic mass is 35.5. The van der Waals surface area contributed by atoms with Crippen LogP contribution < -0.4 is 5.32 Å². The lowest BCUT2D eigenvalue weighted by Gasteiger charge is -2.15. The van der Waals surface area contributed by atoms with Gasteiger partial charge in [0.25, 0.3) is 0 Å². The predicted octanol–water partition coefficient (Wildman–Crippen LogP) is 4.24. The molecule has 1 atom stereocenters. The molecular formula is C19H20ClNO3S. The molecule has 0 heterocycles. The van der Waals surface area contributed by atoms with Crippen LogP contribution in [0, 0.1) is 0 Å². The van der Waals surface area contributed by atoms with Gasteiger partial charge in [-0.2, -0.15) is 0 Å². The van der Waals surface area contributed by atoms with Crippen LogP contribution in [0.5, 0.6) is 0 Å². The number of hydrogen-bond donors (Lipinski definition) is 1. The number of carbonyl (C=O) groups is 2. The molecule has 1 amide bonds. The molecule has 0 aromatic heterocycles. The normalized spacial score (nSPS) is 11.6. The second-order valence-electron chi connectivity index (χ2n) is 5.50. The SMILES string of the molecule is COC(=O)c1cccc(CSCC(=O)N[C@H](C)c2ccccc2Cl)c1. The second kappa shape index (κ2) is 9.49. The molecule has 2 aromatic carbocycles. The highest BCUT2D eigenvalue weighted by Gasteiger charge is 2.12. The van der Waals surface area contributed by atoms with E-state index in [2.05, 4.69) is 5.32 Å². The molecule has 0 saturated heterocycles. The van der Waals surface area contributed by atoms with Crippen LogP contribution in [-0.4, -0.2) is 24.7 Å². The van der Waals surface area contributed by atoms with Gasteiger partial charge < -0.3 is 10.1 Å². The number of carbonyl (C=O) groups excluding carboxylic acids is 2. The molecule has 4 nitrogen and oxygen atoms in total. The lowest BCUT2D eigenvalue weighted by molar-refractivity contribution is -0.119. The number of ether oxygens (including phenoxy) is 1. The van der Waals surface area contributed by atoms with Crippen LogP contribution in [0.2, 0.25) is 5.02 Å². The van der Waals surface area contributed by atoms with Gasteiger partial charge in [0.15, 0.2) is 0 Å². The summed E-state index contributed by atoms with van der Waals surface area (Å²) in [5.74, 6) is 0.551. The van der Waals surface area contributed by atoms with Crippen molar-refractivity contribution < 1.29 is 14.3 Å². The van der Waals surface area contributed by atoms with Crippen molar-refractivity contribution >= 4 is 35.2 Å². The van der Waals surface area contributed by atoms with Gasteiger partial charge in [-0.3, -0.25) is 4.79 Å². The monoisotopic (exact) mass is 377 g/mol. The molecule has 0 aliphatic heterocycles. The van der Waals surface area contributed by atoms with Crippen molar-refractivity contribution in [3.8, 4) is 0 Å². The number of hydrogen-bond acceptors (Lipinski definition) is 4. The van der Waals surface area contributed by atoms with Gasteiger partial charge in [-0.25, -0.2) is 4.79 Å². The first kappa shape index (κ1) is 19.3. The number of halogens is 1. The molecule has 0 unspecified atom stereocenters. The van der Waals surface area contributed by atoms with Crippen molar-refractivity contribution in [1.29, 1.82) is 0 Å². The Kier molecular flexibility index (Phi) is 7.34. The zero-order valence-electron chi connectivity index (χ0n) is 14.1. The Hall–Kier alpha value is -1.98. The Balaban J connectivity index is 1.83. The Morgan fingerprint density at radius 1 is 1.20 bits per heavy atom. The largest absolute Gasteiger partial charge is 0.465 e. The number of methoxy groups -OCH3 is 1. The van der Waals surface area contributed by atoms with E-state index in [1.807, 2.05) is 43.3 Å². The average Bonchev–Trinajstić information content (AvgIpc) is 2.61. The fourth-order valence-electron chi connectivity index (χ4n) is 2.35. The molecule has 0 radical (unpaired) electrons. The van der Waals surface area contributed by atoms with Crippen molar-refractivity contribution in [3.63, 3.8) is 0 Å². The van der Waals surface area contributed by atoms with Crippen LogP contribution in [-0.2, 0) is 15.3 Å². The van der Waals surface area contributed by atoms with Gasteiger partial charge in [-0.05, 0) is 36.2 Å². The first-order valence-electron chi connectivity index (χ1n) is 7.80. The number of benzene rings is 2. The van der Waals surface area contributed by atoms with Crippen LogP contribution >= 0.6 is 23.4 Å². The van der Waals surface area contributed by atoms with Gasteiger partial charge in [0.2, 0.25) is 5.91 Å². The minimum Gasteiger partial charge on any atom is -0.465 e. The molecule has 0 fully saturated rings. The smallest absolute Gasteiger partial charge is 0.337 e. The summed E-state index contributed by atoms with van der Waals surface area (Å²) in [5.41, 5.74) is 2.38. The molecule has 0 bridgehead atoms. The molecular weight excluding hydrogens is 358 g/mol. The van der Waals surface area contributed by atoms with Gasteiger partial charge >= 0.3 is 5.97 Å². The van der Waals surface area contributed by atoms with Crippen LogP contribution in [0.25, 0.3) is 0 Å². The molecule has 0 saturated carbocycles. The zero-order valence-corrected chi connectivity index (χ0v) is 15.7. The fraction of sp³-hybridized carbons (Fsp3) is 0.263. The van der Waals surface area contributed by atoms with Gasteiger partial charge in [-0.1, -0.05) is 41.9 Å². The summed E-state index contributed by atoms with van der Waals surface area (Å²) >= 11 is 7.63. The highest BCUT2D eigenvalue weighted by molar-refractivity contribution is 7.99. The van der Waals surface area contributed by atoms with Crippen LogP contribution in [0.4, 0.5) is 0 Å². The third-order valence-electron chi connectivity index (χ3n) is 3.60. The van der Waals surface area contributed by atoms with Gasteiger partial charge in [0.05, 0.1) is 24.5 Å². The van der Waals surface area contributed by atoms with E-state index in [9.17, 15) is 9.59 Å². The van der Waals surface area contributed by atoms with E-state index in [0.717, 1.165) is 11.1 Å². The zero-order chi connectivity index (χ0) is 18.2. The molecule has 6 heteroatoms. The maximum atomic E-state index is 12.1. The quantitative estimate of drug-likeness (QED) is 0.733. The third kappa shape index (κ3) is 5.80. The minimum absolute atomic E-state index is 0.0541. The molecule has 1 N–H and O–H groups in total. The van der Waals surface area contributed by atoms with E-state index >= 15 is 0 Å². The third-order valence-corrected chi connectivity index (χ3v) is 4.95. The molecule has 0 spiro atoms. The summed E-state index contributed by atoms with van der Waals surface area (Å²) in [6.45, 7) is 1.91. The number of rotatable bonds is 7. The van der Waals surface area contributed by atoms with E-state index in [0.29, 0.717) is 22.1 Å². The number of nitrogens with one attached hydrogen (secondary N) is 1. The fourth-order valence-corrected chi connectivity index (χ4v) is 3.44. The van der Waals surface area contributed by atoms with E-state index in [1.165, 1.54) is 18.9 Å². The minimum atomic E-state index is -0.363. The van der Waals surface area contributed by atoms with Gasteiger partial charge in [0, 0.05) is 10.8 Å². The first-order chi connectivity index (χ1) is 12.0. The number of amides is 1. The highest BCUT2D eigenvalue weighted by Crippen LogP contribution is 2.22. The topological polar surface area (TPSA) is 55.4 Å². The molecule has 2 aromatic rings. The number of esters is 1. The van der Waals surface area contributed by atoms with Gasteiger partial charge in [-0.15, -0.1) is 11.8 Å². The average molecular weight is 378 g/mol. The molecule has 0 aliphatic carbocycles. The maximum Gasteiger partial charge on any atom is 0.337 e. The predicted molar refractivity (Wildman–Crippen MR) is 102 cm³/mol. The number of thioether (sulfide) groups is 1.